The van der Waals surface area contributed by atoms with E-state index < -0.39 is 40.7 Å². The second kappa shape index (κ2) is 9.69. The van der Waals surface area contributed by atoms with Crippen molar-refractivity contribution in [3.05, 3.63) is 129 Å². The van der Waals surface area contributed by atoms with E-state index in [0.717, 1.165) is 11.0 Å². The van der Waals surface area contributed by atoms with Crippen molar-refractivity contribution in [2.75, 3.05) is 4.90 Å². The lowest BCUT2D eigenvalue weighted by Gasteiger charge is -2.32. The number of carbonyl (C=O) groups is 4. The number of carbonyl (C=O) groups excluding carboxylic acids is 4. The van der Waals surface area contributed by atoms with E-state index in [0.29, 0.717) is 21.7 Å². The summed E-state index contributed by atoms with van der Waals surface area (Å²) in [4.78, 5) is 68.2. The third-order valence-corrected chi connectivity index (χ3v) is 7.79. The largest absolute Gasteiger partial charge is 0.359 e. The smallest absolute Gasteiger partial charge is 0.271 e. The predicted molar refractivity (Wildman–Crippen MR) is 146 cm³/mol. The van der Waals surface area contributed by atoms with Crippen LogP contribution in [-0.2, 0) is 9.59 Å². The standard InChI is InChI=1S/C30H20ClN3O6/c31-20-11-9-18(10-12-20)28(36)26-25-24(29(37)33(30(25)38)21-7-4-8-22(16-21)34(39)40)23-15-19(13-14-32(23)26)27(35)17-5-2-1-3-6-17/h1-16,23-26H/t23-,24-,25+,26-/m1/s1. The molecule has 40 heavy (non-hydrogen) atoms. The molecule has 0 bridgehead atoms. The quantitative estimate of drug-likeness (QED) is 0.189. The Hall–Kier alpha value is -4.89. The molecule has 0 unspecified atom stereocenters. The van der Waals surface area contributed by atoms with Crippen LogP contribution in [0, 0.1) is 22.0 Å². The molecule has 0 saturated carbocycles. The number of nitro groups is 1. The minimum absolute atomic E-state index is 0.0544. The van der Waals surface area contributed by atoms with Gasteiger partial charge in [0.2, 0.25) is 11.8 Å². The minimum Gasteiger partial charge on any atom is -0.359 e. The Morgan fingerprint density at radius 3 is 2.25 bits per heavy atom. The van der Waals surface area contributed by atoms with Crippen LogP contribution < -0.4 is 4.90 Å². The van der Waals surface area contributed by atoms with E-state index >= 15 is 0 Å². The molecule has 198 valence electrons. The van der Waals surface area contributed by atoms with Crippen molar-refractivity contribution in [2.45, 2.75) is 12.1 Å². The van der Waals surface area contributed by atoms with E-state index in [9.17, 15) is 29.3 Å². The minimum atomic E-state index is -1.08. The second-order valence-corrected chi connectivity index (χ2v) is 10.2. The summed E-state index contributed by atoms with van der Waals surface area (Å²) in [6.45, 7) is 0. The molecule has 3 aliphatic rings. The van der Waals surface area contributed by atoms with Crippen LogP contribution in [0.2, 0.25) is 5.02 Å². The van der Waals surface area contributed by atoms with E-state index in [1.165, 1.54) is 18.2 Å². The number of nitrogens with zero attached hydrogens (tertiary/aromatic N) is 3. The van der Waals surface area contributed by atoms with Gasteiger partial charge in [0, 0.05) is 40.1 Å². The molecule has 0 radical (unpaired) electrons. The molecule has 0 N–H and O–H groups in total. The number of allylic oxidation sites excluding steroid dienone is 2. The fourth-order valence-electron chi connectivity index (χ4n) is 5.74. The number of hydrogen-bond donors (Lipinski definition) is 0. The van der Waals surface area contributed by atoms with Crippen LogP contribution in [0.15, 0.2) is 103 Å². The molecule has 0 aliphatic carbocycles. The summed E-state index contributed by atoms with van der Waals surface area (Å²) in [5.74, 6) is -3.92. The SMILES string of the molecule is O=C(C1=C[C@@H]2[C@H]3C(=O)N(c4cccc([N+](=O)[O-])c4)C(=O)[C@@H]3[C@H](C(=O)c3ccc(Cl)cc3)N2C=C1)c1ccccc1. The molecule has 9 nitrogen and oxygen atoms in total. The fourth-order valence-corrected chi connectivity index (χ4v) is 5.87. The Morgan fingerprint density at radius 1 is 0.850 bits per heavy atom. The van der Waals surface area contributed by atoms with Crippen LogP contribution in [0.4, 0.5) is 11.4 Å². The summed E-state index contributed by atoms with van der Waals surface area (Å²) in [6.07, 6.45) is 4.81. The van der Waals surface area contributed by atoms with Crippen LogP contribution in [0.3, 0.4) is 0 Å². The van der Waals surface area contributed by atoms with E-state index in [-0.39, 0.29) is 22.9 Å². The maximum absolute atomic E-state index is 13.9. The fraction of sp³-hybridized carbons (Fsp3) is 0.133. The first kappa shape index (κ1) is 25.4. The van der Waals surface area contributed by atoms with Gasteiger partial charge in [0.15, 0.2) is 11.6 Å². The summed E-state index contributed by atoms with van der Waals surface area (Å²) in [5, 5.41) is 11.8. The number of rotatable bonds is 6. The van der Waals surface area contributed by atoms with Crippen molar-refractivity contribution in [1.82, 2.24) is 4.90 Å². The van der Waals surface area contributed by atoms with Gasteiger partial charge in [-0.1, -0.05) is 54.1 Å². The Labute approximate surface area is 233 Å². The monoisotopic (exact) mass is 553 g/mol. The van der Waals surface area contributed by atoms with Crippen LogP contribution in [0.25, 0.3) is 0 Å². The number of ketones is 2. The summed E-state index contributed by atoms with van der Waals surface area (Å²) in [5.41, 5.74) is 0.883. The lowest BCUT2D eigenvalue weighted by Crippen LogP contribution is -2.46. The number of hydrogen-bond acceptors (Lipinski definition) is 7. The van der Waals surface area contributed by atoms with Crippen molar-refractivity contribution in [1.29, 1.82) is 0 Å². The number of Topliss-reactive ketones (excluding diaryl/α,β-unsaturated/α-hetero) is 2. The van der Waals surface area contributed by atoms with E-state index in [4.69, 9.17) is 11.6 Å². The van der Waals surface area contributed by atoms with Crippen molar-refractivity contribution in [2.24, 2.45) is 11.8 Å². The van der Waals surface area contributed by atoms with Crippen molar-refractivity contribution >= 4 is 46.4 Å². The maximum atomic E-state index is 13.9. The summed E-state index contributed by atoms with van der Waals surface area (Å²) in [6, 6.07) is 18.3. The zero-order valence-corrected chi connectivity index (χ0v) is 21.5. The summed E-state index contributed by atoms with van der Waals surface area (Å²) >= 11 is 6.01. The molecule has 3 aromatic rings. The first-order valence-corrected chi connectivity index (χ1v) is 12.8. The van der Waals surface area contributed by atoms with Gasteiger partial charge in [0.05, 0.1) is 28.5 Å². The molecule has 0 aromatic heterocycles. The van der Waals surface area contributed by atoms with Crippen molar-refractivity contribution in [3.8, 4) is 0 Å². The average molecular weight is 554 g/mol. The Balaban J connectivity index is 1.44. The lowest BCUT2D eigenvalue weighted by atomic mass is 9.85. The first-order valence-electron chi connectivity index (χ1n) is 12.5. The number of benzene rings is 3. The molecular formula is C30H20ClN3O6. The molecule has 3 heterocycles. The van der Waals surface area contributed by atoms with E-state index in [1.54, 1.807) is 77.8 Å². The van der Waals surface area contributed by atoms with Crippen molar-refractivity contribution < 1.29 is 24.1 Å². The third kappa shape index (κ3) is 4.02. The second-order valence-electron chi connectivity index (χ2n) is 9.73. The van der Waals surface area contributed by atoms with Crippen molar-refractivity contribution in [3.63, 3.8) is 0 Å². The van der Waals surface area contributed by atoms with Gasteiger partial charge in [-0.3, -0.25) is 29.3 Å². The van der Waals surface area contributed by atoms with E-state index in [2.05, 4.69) is 0 Å². The molecule has 2 amide bonds. The molecule has 10 heteroatoms. The number of amides is 2. The van der Waals surface area contributed by atoms with E-state index in [1.807, 2.05) is 0 Å². The van der Waals surface area contributed by atoms with Gasteiger partial charge in [-0.05, 0) is 36.4 Å². The van der Waals surface area contributed by atoms with Gasteiger partial charge in [0.1, 0.15) is 6.04 Å². The first-order chi connectivity index (χ1) is 19.3. The number of halogens is 1. The van der Waals surface area contributed by atoms with Crippen LogP contribution in [-0.4, -0.2) is 45.3 Å². The molecule has 3 aliphatic heterocycles. The average Bonchev–Trinajstić information content (AvgIpc) is 3.44. The lowest BCUT2D eigenvalue weighted by molar-refractivity contribution is -0.384. The van der Waals surface area contributed by atoms with Gasteiger partial charge >= 0.3 is 0 Å². The van der Waals surface area contributed by atoms with Crippen LogP contribution in [0.5, 0.6) is 0 Å². The van der Waals surface area contributed by atoms with Crippen LogP contribution in [0.1, 0.15) is 20.7 Å². The molecule has 6 rings (SSSR count). The Kier molecular flexibility index (Phi) is 6.15. The Bertz CT molecular complexity index is 1650. The van der Waals surface area contributed by atoms with Gasteiger partial charge < -0.3 is 4.90 Å². The molecule has 2 fully saturated rings. The molecular weight excluding hydrogens is 534 g/mol. The number of non-ortho nitro benzene ring substituents is 1. The molecule has 0 spiro atoms. The summed E-state index contributed by atoms with van der Waals surface area (Å²) in [7, 11) is 0. The Morgan fingerprint density at radius 2 is 1.55 bits per heavy atom. The zero-order chi connectivity index (χ0) is 28.1. The molecule has 4 atom stereocenters. The summed E-state index contributed by atoms with van der Waals surface area (Å²) < 4.78 is 0. The number of nitro benzene ring substituents is 1. The topological polar surface area (TPSA) is 118 Å². The highest BCUT2D eigenvalue weighted by Crippen LogP contribution is 2.47. The third-order valence-electron chi connectivity index (χ3n) is 7.54. The van der Waals surface area contributed by atoms with Gasteiger partial charge in [-0.15, -0.1) is 0 Å². The number of fused-ring (bicyclic) bond motifs is 3. The van der Waals surface area contributed by atoms with Gasteiger partial charge in [0.25, 0.3) is 5.69 Å². The number of anilines is 1. The number of imide groups is 1. The molecule has 3 aromatic carbocycles. The van der Waals surface area contributed by atoms with Crippen LogP contribution >= 0.6 is 11.6 Å². The maximum Gasteiger partial charge on any atom is 0.271 e. The zero-order valence-electron chi connectivity index (χ0n) is 20.7. The highest BCUT2D eigenvalue weighted by molar-refractivity contribution is 6.30. The highest BCUT2D eigenvalue weighted by Gasteiger charge is 2.63. The molecule has 2 saturated heterocycles. The van der Waals surface area contributed by atoms with Gasteiger partial charge in [-0.2, -0.15) is 0 Å². The van der Waals surface area contributed by atoms with Gasteiger partial charge in [-0.25, -0.2) is 4.90 Å². The normalized spacial score (nSPS) is 23.1. The highest BCUT2D eigenvalue weighted by atomic mass is 35.5. The predicted octanol–water partition coefficient (Wildman–Crippen LogP) is 4.63.